The number of amides is 1. The Morgan fingerprint density at radius 1 is 0.973 bits per heavy atom. The van der Waals surface area contributed by atoms with Crippen molar-refractivity contribution in [3.63, 3.8) is 0 Å². The number of halogens is 2. The normalized spacial score (nSPS) is 12.0. The molecule has 6 nitrogen and oxygen atoms in total. The number of aromatic nitrogens is 3. The van der Waals surface area contributed by atoms with Gasteiger partial charge in [-0.3, -0.25) is 9.36 Å². The summed E-state index contributed by atoms with van der Waals surface area (Å²) in [4.78, 5) is 12.6. The maximum Gasteiger partial charge on any atom is 0.250 e. The van der Waals surface area contributed by atoms with Crippen molar-refractivity contribution < 1.29 is 4.79 Å². The van der Waals surface area contributed by atoms with Gasteiger partial charge in [-0.2, -0.15) is 5.10 Å². The summed E-state index contributed by atoms with van der Waals surface area (Å²) in [5.41, 5.74) is 7.14. The number of carbonyl (C=O) groups is 1. The average Bonchev–Trinajstić information content (AvgIpc) is 3.31. The van der Waals surface area contributed by atoms with E-state index in [0.29, 0.717) is 26.7 Å². The lowest BCUT2D eigenvalue weighted by Gasteiger charge is -2.19. The van der Waals surface area contributed by atoms with Crippen molar-refractivity contribution in [3.05, 3.63) is 94.0 Å². The van der Waals surface area contributed by atoms with Gasteiger partial charge >= 0.3 is 0 Å². The molecular weight excluding hydrogens is 525 g/mol. The minimum atomic E-state index is -0.261. The first-order chi connectivity index (χ1) is 17.6. The smallest absolute Gasteiger partial charge is 0.250 e. The number of hydrogen-bond donors (Lipinski definition) is 1. The second kappa shape index (κ2) is 11.5. The minimum absolute atomic E-state index is 0.0562. The van der Waals surface area contributed by atoms with Crippen LogP contribution in [0.4, 0.5) is 0 Å². The molecule has 190 valence electrons. The predicted octanol–water partition coefficient (Wildman–Crippen LogP) is 7.17. The van der Waals surface area contributed by atoms with Crippen molar-refractivity contribution in [1.82, 2.24) is 20.2 Å². The molecule has 1 amide bonds. The lowest BCUT2D eigenvalue weighted by molar-refractivity contribution is -0.118. The van der Waals surface area contributed by atoms with Gasteiger partial charge in [0.2, 0.25) is 0 Å². The Morgan fingerprint density at radius 2 is 1.68 bits per heavy atom. The number of benzene rings is 3. The van der Waals surface area contributed by atoms with E-state index in [-0.39, 0.29) is 17.1 Å². The molecule has 0 aliphatic heterocycles. The topological polar surface area (TPSA) is 72.2 Å². The van der Waals surface area contributed by atoms with Gasteiger partial charge in [0, 0.05) is 11.3 Å². The standard InChI is InChI=1S/C28H27Cl2N5OS/c1-18(20-12-15-23(29)24(30)16-20)31-32-25(36)17-37-27-34-33-26(35(27)22-8-6-5-7-9-22)19-10-13-21(14-11-19)28(2,3)4/h5-16H,17H2,1-4H3,(H,32,36). The molecule has 9 heteroatoms. The third-order valence-electron chi connectivity index (χ3n) is 5.67. The minimum Gasteiger partial charge on any atom is -0.272 e. The summed E-state index contributed by atoms with van der Waals surface area (Å²) in [7, 11) is 0. The zero-order valence-electron chi connectivity index (χ0n) is 21.0. The largest absolute Gasteiger partial charge is 0.272 e. The van der Waals surface area contributed by atoms with Crippen LogP contribution in [0.1, 0.15) is 38.8 Å². The second-order valence-corrected chi connectivity index (χ2v) is 11.2. The molecule has 0 radical (unpaired) electrons. The van der Waals surface area contributed by atoms with E-state index in [1.807, 2.05) is 34.9 Å². The van der Waals surface area contributed by atoms with Crippen LogP contribution in [0.2, 0.25) is 10.0 Å². The van der Waals surface area contributed by atoms with Gasteiger partial charge in [-0.25, -0.2) is 5.43 Å². The second-order valence-electron chi connectivity index (χ2n) is 9.45. The van der Waals surface area contributed by atoms with Crippen molar-refractivity contribution in [3.8, 4) is 17.1 Å². The van der Waals surface area contributed by atoms with E-state index in [9.17, 15) is 4.79 Å². The lowest BCUT2D eigenvalue weighted by Crippen LogP contribution is -2.21. The number of para-hydroxylation sites is 1. The van der Waals surface area contributed by atoms with Gasteiger partial charge in [0.05, 0.1) is 21.5 Å². The first-order valence-electron chi connectivity index (χ1n) is 11.7. The fourth-order valence-corrected chi connectivity index (χ4v) is 4.62. The van der Waals surface area contributed by atoms with Crippen LogP contribution in [0.3, 0.4) is 0 Å². The van der Waals surface area contributed by atoms with Gasteiger partial charge in [-0.15, -0.1) is 10.2 Å². The number of nitrogens with zero attached hydrogens (tertiary/aromatic N) is 4. The highest BCUT2D eigenvalue weighted by Gasteiger charge is 2.19. The molecule has 4 aromatic rings. The molecule has 0 saturated heterocycles. The molecular formula is C28H27Cl2N5OS. The van der Waals surface area contributed by atoms with Gasteiger partial charge in [0.15, 0.2) is 11.0 Å². The Hall–Kier alpha value is -3.13. The fraction of sp³-hybridized carbons (Fsp3) is 0.214. The van der Waals surface area contributed by atoms with Gasteiger partial charge in [-0.05, 0) is 47.7 Å². The van der Waals surface area contributed by atoms with E-state index in [1.165, 1.54) is 17.3 Å². The molecule has 3 aromatic carbocycles. The molecule has 0 saturated carbocycles. The van der Waals surface area contributed by atoms with Crippen LogP contribution in [0.5, 0.6) is 0 Å². The Bertz CT molecular complexity index is 1430. The molecule has 0 atom stereocenters. The first-order valence-corrected chi connectivity index (χ1v) is 13.4. The third-order valence-corrected chi connectivity index (χ3v) is 7.34. The monoisotopic (exact) mass is 551 g/mol. The number of hydrazone groups is 1. The van der Waals surface area contributed by atoms with Gasteiger partial charge < -0.3 is 0 Å². The number of nitrogens with one attached hydrogen (secondary N) is 1. The van der Waals surface area contributed by atoms with Gasteiger partial charge in [0.1, 0.15) is 0 Å². The molecule has 0 spiro atoms. The highest BCUT2D eigenvalue weighted by Crippen LogP contribution is 2.30. The van der Waals surface area contributed by atoms with Gasteiger partial charge in [0.25, 0.3) is 5.91 Å². The Labute approximate surface area is 231 Å². The predicted molar refractivity (Wildman–Crippen MR) is 153 cm³/mol. The molecule has 0 aliphatic rings. The third kappa shape index (κ3) is 6.60. The van der Waals surface area contributed by atoms with Crippen LogP contribution in [0.15, 0.2) is 83.1 Å². The number of thioether (sulfide) groups is 1. The lowest BCUT2D eigenvalue weighted by atomic mass is 9.87. The van der Waals surface area contributed by atoms with E-state index in [1.54, 1.807) is 25.1 Å². The zero-order valence-corrected chi connectivity index (χ0v) is 23.3. The van der Waals surface area contributed by atoms with E-state index in [0.717, 1.165) is 16.8 Å². The van der Waals surface area contributed by atoms with E-state index >= 15 is 0 Å². The number of carbonyl (C=O) groups excluding carboxylic acids is 1. The molecule has 0 bridgehead atoms. The summed E-state index contributed by atoms with van der Waals surface area (Å²) in [6, 6.07) is 23.4. The summed E-state index contributed by atoms with van der Waals surface area (Å²) in [5.74, 6) is 0.567. The summed E-state index contributed by atoms with van der Waals surface area (Å²) < 4.78 is 1.97. The highest BCUT2D eigenvalue weighted by molar-refractivity contribution is 7.99. The maximum atomic E-state index is 12.6. The van der Waals surface area contributed by atoms with E-state index < -0.39 is 0 Å². The SMILES string of the molecule is CC(=NNC(=O)CSc1nnc(-c2ccc(C(C)(C)C)cc2)n1-c1ccccc1)c1ccc(Cl)c(Cl)c1. The molecule has 0 fully saturated rings. The van der Waals surface area contributed by atoms with Crippen molar-refractivity contribution in [2.45, 2.75) is 38.3 Å². The summed E-state index contributed by atoms with van der Waals surface area (Å²) in [5, 5.41) is 14.6. The molecule has 1 N–H and O–H groups in total. The van der Waals surface area contributed by atoms with Crippen molar-refractivity contribution in [2.75, 3.05) is 5.75 Å². The Kier molecular flexibility index (Phi) is 8.37. The number of rotatable bonds is 7. The van der Waals surface area contributed by atoms with Crippen LogP contribution >= 0.6 is 35.0 Å². The fourth-order valence-electron chi connectivity index (χ4n) is 3.57. The maximum absolute atomic E-state index is 12.6. The molecule has 1 aromatic heterocycles. The molecule has 4 rings (SSSR count). The van der Waals surface area contributed by atoms with Crippen LogP contribution < -0.4 is 5.43 Å². The van der Waals surface area contributed by atoms with Crippen LogP contribution in [-0.4, -0.2) is 32.1 Å². The Morgan fingerprint density at radius 3 is 2.32 bits per heavy atom. The van der Waals surface area contributed by atoms with Crippen molar-refractivity contribution in [1.29, 1.82) is 0 Å². The quantitative estimate of drug-likeness (QED) is 0.150. The Balaban J connectivity index is 1.53. The number of hydrogen-bond acceptors (Lipinski definition) is 5. The molecule has 1 heterocycles. The highest BCUT2D eigenvalue weighted by atomic mass is 35.5. The van der Waals surface area contributed by atoms with Crippen LogP contribution in [-0.2, 0) is 10.2 Å². The van der Waals surface area contributed by atoms with Crippen LogP contribution in [0.25, 0.3) is 17.1 Å². The van der Waals surface area contributed by atoms with Crippen molar-refractivity contribution in [2.24, 2.45) is 5.10 Å². The first kappa shape index (κ1) is 26.9. The molecule has 0 aliphatic carbocycles. The zero-order chi connectivity index (χ0) is 26.6. The molecule has 0 unspecified atom stereocenters. The van der Waals surface area contributed by atoms with E-state index in [2.05, 4.69) is 65.8 Å². The van der Waals surface area contributed by atoms with Crippen molar-refractivity contribution >= 4 is 46.6 Å². The summed E-state index contributed by atoms with van der Waals surface area (Å²) in [6.45, 7) is 8.34. The summed E-state index contributed by atoms with van der Waals surface area (Å²) >= 11 is 13.4. The summed E-state index contributed by atoms with van der Waals surface area (Å²) in [6.07, 6.45) is 0. The van der Waals surface area contributed by atoms with Gasteiger partial charge in [-0.1, -0.05) is 104 Å². The van der Waals surface area contributed by atoms with Crippen LogP contribution in [0, 0.1) is 0 Å². The average molecular weight is 553 g/mol. The van der Waals surface area contributed by atoms with E-state index in [4.69, 9.17) is 23.2 Å². The molecule has 37 heavy (non-hydrogen) atoms.